The summed E-state index contributed by atoms with van der Waals surface area (Å²) in [4.78, 5) is 3.97. The van der Waals surface area contributed by atoms with Crippen molar-refractivity contribution in [3.63, 3.8) is 0 Å². The third-order valence-electron chi connectivity index (χ3n) is 1.57. The van der Waals surface area contributed by atoms with Crippen LogP contribution in [0.3, 0.4) is 0 Å². The van der Waals surface area contributed by atoms with E-state index in [1.807, 2.05) is 6.92 Å². The molecule has 3 heteroatoms. The van der Waals surface area contributed by atoms with Crippen LogP contribution in [0.25, 0.3) is 0 Å². The number of pyridine rings is 1. The molecule has 0 spiro atoms. The first-order valence-corrected chi connectivity index (χ1v) is 3.64. The molecule has 0 saturated carbocycles. The number of rotatable bonds is 2. The van der Waals surface area contributed by atoms with Crippen molar-refractivity contribution >= 4 is 5.69 Å². The van der Waals surface area contributed by atoms with E-state index in [2.05, 4.69) is 4.98 Å². The lowest BCUT2D eigenvalue weighted by molar-refractivity contribution is 0.169. The maximum absolute atomic E-state index is 9.37. The van der Waals surface area contributed by atoms with Gasteiger partial charge in [0.25, 0.3) is 0 Å². The fraction of sp³-hybridized carbons (Fsp3) is 0.375. The predicted molar refractivity (Wildman–Crippen MR) is 43.9 cm³/mol. The average molecular weight is 152 g/mol. The van der Waals surface area contributed by atoms with Crippen LogP contribution in [-0.2, 0) is 0 Å². The molecule has 1 aromatic rings. The molecule has 3 nitrogen and oxygen atoms in total. The first-order valence-electron chi connectivity index (χ1n) is 3.64. The Bertz CT molecular complexity index is 237. The van der Waals surface area contributed by atoms with Crippen molar-refractivity contribution in [3.8, 4) is 0 Å². The Labute approximate surface area is 65.9 Å². The maximum Gasteiger partial charge on any atom is 0.0978 e. The Balaban J connectivity index is 2.93. The van der Waals surface area contributed by atoms with E-state index in [-0.39, 0.29) is 0 Å². The van der Waals surface area contributed by atoms with Gasteiger partial charge in [0.1, 0.15) is 0 Å². The molecule has 1 aromatic heterocycles. The minimum atomic E-state index is -0.531. The first-order chi connectivity index (χ1) is 5.25. The summed E-state index contributed by atoms with van der Waals surface area (Å²) in [5.41, 5.74) is 6.71. The molecule has 0 saturated heterocycles. The number of nitrogens with two attached hydrogens (primary N) is 1. The molecule has 1 atom stereocenters. The van der Waals surface area contributed by atoms with E-state index < -0.39 is 6.10 Å². The lowest BCUT2D eigenvalue weighted by atomic mass is 10.1. The van der Waals surface area contributed by atoms with Crippen LogP contribution >= 0.6 is 0 Å². The van der Waals surface area contributed by atoms with Gasteiger partial charge in [-0.15, -0.1) is 0 Å². The zero-order valence-electron chi connectivity index (χ0n) is 6.49. The highest BCUT2D eigenvalue weighted by molar-refractivity contribution is 5.42. The van der Waals surface area contributed by atoms with Gasteiger partial charge in [0.15, 0.2) is 0 Å². The summed E-state index contributed by atoms with van der Waals surface area (Å²) in [5, 5.41) is 9.37. The van der Waals surface area contributed by atoms with E-state index in [0.29, 0.717) is 17.8 Å². The topological polar surface area (TPSA) is 59.1 Å². The van der Waals surface area contributed by atoms with Crippen LogP contribution in [-0.4, -0.2) is 10.1 Å². The molecule has 0 aliphatic heterocycles. The van der Waals surface area contributed by atoms with Gasteiger partial charge in [-0.1, -0.05) is 6.92 Å². The highest BCUT2D eigenvalue weighted by Crippen LogP contribution is 2.18. The molecule has 3 N–H and O–H groups in total. The number of aliphatic hydroxyl groups is 1. The molecular weight excluding hydrogens is 140 g/mol. The molecule has 0 aliphatic carbocycles. The summed E-state index contributed by atoms with van der Waals surface area (Å²) in [7, 11) is 0. The largest absolute Gasteiger partial charge is 0.397 e. The Morgan fingerprint density at radius 3 is 3.00 bits per heavy atom. The summed E-state index contributed by atoms with van der Waals surface area (Å²) < 4.78 is 0. The number of hydrogen-bond acceptors (Lipinski definition) is 3. The molecule has 0 amide bonds. The molecule has 0 aliphatic rings. The van der Waals surface area contributed by atoms with Gasteiger partial charge in [-0.05, 0) is 18.6 Å². The average Bonchev–Trinajstić information content (AvgIpc) is 2.04. The number of anilines is 1. The number of nitrogens with zero attached hydrogens (tertiary/aromatic N) is 1. The van der Waals surface area contributed by atoms with E-state index in [9.17, 15) is 5.11 Å². The molecule has 0 fully saturated rings. The quantitative estimate of drug-likeness (QED) is 0.667. The molecule has 0 aromatic carbocycles. The van der Waals surface area contributed by atoms with Crippen molar-refractivity contribution in [1.82, 2.24) is 4.98 Å². The summed E-state index contributed by atoms with van der Waals surface area (Å²) in [6.45, 7) is 1.89. The number of nitrogen functional groups attached to an aromatic ring is 1. The fourth-order valence-electron chi connectivity index (χ4n) is 0.902. The van der Waals surface area contributed by atoms with Gasteiger partial charge in [0.05, 0.1) is 17.5 Å². The molecule has 1 unspecified atom stereocenters. The van der Waals surface area contributed by atoms with E-state index >= 15 is 0 Å². The van der Waals surface area contributed by atoms with Crippen LogP contribution in [0, 0.1) is 0 Å². The molecule has 60 valence electrons. The minimum absolute atomic E-state index is 0.531. The SMILES string of the molecule is CCC(O)c1ncccc1N. The molecule has 1 rings (SSSR count). The van der Waals surface area contributed by atoms with Crippen molar-refractivity contribution < 1.29 is 5.11 Å². The second kappa shape index (κ2) is 3.34. The van der Waals surface area contributed by atoms with Crippen molar-refractivity contribution in [2.45, 2.75) is 19.4 Å². The molecule has 11 heavy (non-hydrogen) atoms. The van der Waals surface area contributed by atoms with E-state index in [1.54, 1.807) is 18.3 Å². The summed E-state index contributed by atoms with van der Waals surface area (Å²) in [5.74, 6) is 0. The second-order valence-corrected chi connectivity index (χ2v) is 2.40. The Morgan fingerprint density at radius 1 is 1.73 bits per heavy atom. The van der Waals surface area contributed by atoms with Crippen LogP contribution in [0.2, 0.25) is 0 Å². The standard InChI is InChI=1S/C8H12N2O/c1-2-7(11)8-6(9)4-3-5-10-8/h3-5,7,11H,2,9H2,1H3. The van der Waals surface area contributed by atoms with Gasteiger partial charge < -0.3 is 10.8 Å². The van der Waals surface area contributed by atoms with Gasteiger partial charge in [-0.25, -0.2) is 0 Å². The van der Waals surface area contributed by atoms with Crippen LogP contribution in [0.15, 0.2) is 18.3 Å². The predicted octanol–water partition coefficient (Wildman–Crippen LogP) is 1.11. The summed E-state index contributed by atoms with van der Waals surface area (Å²) >= 11 is 0. The van der Waals surface area contributed by atoms with Gasteiger partial charge in [0.2, 0.25) is 0 Å². The molecule has 1 heterocycles. The van der Waals surface area contributed by atoms with Gasteiger partial charge in [-0.3, -0.25) is 4.98 Å². The third kappa shape index (κ3) is 1.68. The van der Waals surface area contributed by atoms with Crippen molar-refractivity contribution in [1.29, 1.82) is 0 Å². The van der Waals surface area contributed by atoms with Crippen LogP contribution in [0.1, 0.15) is 25.1 Å². The maximum atomic E-state index is 9.37. The number of aromatic nitrogens is 1. The summed E-state index contributed by atoms with van der Waals surface area (Å²) in [6, 6.07) is 3.49. The van der Waals surface area contributed by atoms with Gasteiger partial charge in [-0.2, -0.15) is 0 Å². The molecule has 0 bridgehead atoms. The smallest absolute Gasteiger partial charge is 0.0978 e. The van der Waals surface area contributed by atoms with Crippen molar-refractivity contribution in [3.05, 3.63) is 24.0 Å². The van der Waals surface area contributed by atoms with Gasteiger partial charge >= 0.3 is 0 Å². The zero-order chi connectivity index (χ0) is 8.27. The van der Waals surface area contributed by atoms with Gasteiger partial charge in [0, 0.05) is 6.20 Å². The highest BCUT2D eigenvalue weighted by Gasteiger charge is 2.08. The Hall–Kier alpha value is -1.09. The highest BCUT2D eigenvalue weighted by atomic mass is 16.3. The van der Waals surface area contributed by atoms with Crippen LogP contribution in [0.5, 0.6) is 0 Å². The fourth-order valence-corrected chi connectivity index (χ4v) is 0.902. The van der Waals surface area contributed by atoms with Crippen molar-refractivity contribution in [2.24, 2.45) is 0 Å². The molecular formula is C8H12N2O. The molecule has 0 radical (unpaired) electrons. The van der Waals surface area contributed by atoms with E-state index in [1.165, 1.54) is 0 Å². The number of aliphatic hydroxyl groups excluding tert-OH is 1. The lowest BCUT2D eigenvalue weighted by Crippen LogP contribution is -2.03. The lowest BCUT2D eigenvalue weighted by Gasteiger charge is -2.08. The van der Waals surface area contributed by atoms with Crippen LogP contribution < -0.4 is 5.73 Å². The first kappa shape index (κ1) is 8.01. The minimum Gasteiger partial charge on any atom is -0.397 e. The Morgan fingerprint density at radius 2 is 2.45 bits per heavy atom. The Kier molecular flexibility index (Phi) is 2.44. The number of hydrogen-bond donors (Lipinski definition) is 2. The summed E-state index contributed by atoms with van der Waals surface area (Å²) in [6.07, 6.45) is 1.74. The monoisotopic (exact) mass is 152 g/mol. The third-order valence-corrected chi connectivity index (χ3v) is 1.57. The zero-order valence-corrected chi connectivity index (χ0v) is 6.49. The van der Waals surface area contributed by atoms with Crippen LogP contribution in [0.4, 0.5) is 5.69 Å². The van der Waals surface area contributed by atoms with Crippen molar-refractivity contribution in [2.75, 3.05) is 5.73 Å². The van der Waals surface area contributed by atoms with E-state index in [4.69, 9.17) is 5.73 Å². The van der Waals surface area contributed by atoms with E-state index in [0.717, 1.165) is 0 Å². The second-order valence-electron chi connectivity index (χ2n) is 2.40. The normalized spacial score (nSPS) is 12.9.